The summed E-state index contributed by atoms with van der Waals surface area (Å²) in [6.07, 6.45) is 2.82. The van der Waals surface area contributed by atoms with Crippen molar-refractivity contribution in [3.8, 4) is 11.3 Å². The zero-order chi connectivity index (χ0) is 15.7. The SMILES string of the molecule is Nc1cccc(-c2nc(NC(=O)C3CCC3)sc2C(=O)O)c1. The number of carbonyl (C=O) groups is 2. The average molecular weight is 317 g/mol. The molecule has 22 heavy (non-hydrogen) atoms. The lowest BCUT2D eigenvalue weighted by molar-refractivity contribution is -0.122. The minimum atomic E-state index is -1.07. The maximum absolute atomic E-state index is 12.0. The maximum Gasteiger partial charge on any atom is 0.348 e. The van der Waals surface area contributed by atoms with Crippen LogP contribution in [-0.2, 0) is 4.79 Å². The van der Waals surface area contributed by atoms with E-state index in [4.69, 9.17) is 5.73 Å². The van der Waals surface area contributed by atoms with Crippen LogP contribution in [0.5, 0.6) is 0 Å². The molecule has 1 aromatic heterocycles. The van der Waals surface area contributed by atoms with Gasteiger partial charge >= 0.3 is 5.97 Å². The molecule has 1 aromatic carbocycles. The number of nitrogens with one attached hydrogen (secondary N) is 1. The smallest absolute Gasteiger partial charge is 0.348 e. The van der Waals surface area contributed by atoms with E-state index in [0.717, 1.165) is 30.6 Å². The van der Waals surface area contributed by atoms with Crippen molar-refractivity contribution in [1.82, 2.24) is 4.98 Å². The Bertz CT molecular complexity index is 737. The summed E-state index contributed by atoms with van der Waals surface area (Å²) in [4.78, 5) is 27.7. The molecule has 2 aromatic rings. The molecule has 1 heterocycles. The Morgan fingerprint density at radius 2 is 2.14 bits per heavy atom. The Morgan fingerprint density at radius 1 is 1.36 bits per heavy atom. The summed E-state index contributed by atoms with van der Waals surface area (Å²) in [5.41, 5.74) is 7.21. The molecule has 7 heteroatoms. The molecule has 0 aliphatic heterocycles. The van der Waals surface area contributed by atoms with Crippen LogP contribution in [0.15, 0.2) is 24.3 Å². The number of carboxylic acids is 1. The van der Waals surface area contributed by atoms with E-state index >= 15 is 0 Å². The highest BCUT2D eigenvalue weighted by Crippen LogP contribution is 2.33. The summed E-state index contributed by atoms with van der Waals surface area (Å²) in [5.74, 6) is -1.14. The predicted octanol–water partition coefficient (Wildman–Crippen LogP) is 2.83. The number of hydrogen-bond acceptors (Lipinski definition) is 5. The Balaban J connectivity index is 1.92. The second-order valence-corrected chi connectivity index (χ2v) is 6.24. The molecule has 3 rings (SSSR count). The van der Waals surface area contributed by atoms with Gasteiger partial charge in [0, 0.05) is 17.2 Å². The number of amides is 1. The third-order valence-electron chi connectivity index (χ3n) is 3.69. The molecule has 0 bridgehead atoms. The monoisotopic (exact) mass is 317 g/mol. The number of carboxylic acid groups (broad SMARTS) is 1. The van der Waals surface area contributed by atoms with E-state index < -0.39 is 5.97 Å². The van der Waals surface area contributed by atoms with Crippen molar-refractivity contribution in [2.24, 2.45) is 5.92 Å². The molecule has 1 aliphatic rings. The molecule has 1 saturated carbocycles. The molecule has 4 N–H and O–H groups in total. The van der Waals surface area contributed by atoms with Crippen LogP contribution in [0.1, 0.15) is 28.9 Å². The lowest BCUT2D eigenvalue weighted by Crippen LogP contribution is -2.27. The van der Waals surface area contributed by atoms with Crippen LogP contribution in [0.25, 0.3) is 11.3 Å². The Labute approximate surface area is 131 Å². The van der Waals surface area contributed by atoms with Crippen LogP contribution in [0.3, 0.4) is 0 Å². The first-order chi connectivity index (χ1) is 10.5. The number of anilines is 2. The highest BCUT2D eigenvalue weighted by atomic mass is 32.1. The zero-order valence-corrected chi connectivity index (χ0v) is 12.5. The van der Waals surface area contributed by atoms with Gasteiger partial charge in [-0.3, -0.25) is 4.79 Å². The molecular formula is C15H15N3O3S. The van der Waals surface area contributed by atoms with Crippen LogP contribution < -0.4 is 11.1 Å². The molecule has 0 unspecified atom stereocenters. The van der Waals surface area contributed by atoms with Gasteiger partial charge in [0.2, 0.25) is 5.91 Å². The first kappa shape index (κ1) is 14.5. The zero-order valence-electron chi connectivity index (χ0n) is 11.7. The van der Waals surface area contributed by atoms with E-state index in [2.05, 4.69) is 10.3 Å². The van der Waals surface area contributed by atoms with Gasteiger partial charge in [-0.1, -0.05) is 29.9 Å². The van der Waals surface area contributed by atoms with E-state index in [9.17, 15) is 14.7 Å². The molecule has 0 atom stereocenters. The van der Waals surface area contributed by atoms with Crippen LogP contribution >= 0.6 is 11.3 Å². The number of aromatic carboxylic acids is 1. The van der Waals surface area contributed by atoms with Crippen molar-refractivity contribution in [2.45, 2.75) is 19.3 Å². The lowest BCUT2D eigenvalue weighted by Gasteiger charge is -2.23. The number of nitrogen functional groups attached to an aromatic ring is 1. The fourth-order valence-electron chi connectivity index (χ4n) is 2.28. The van der Waals surface area contributed by atoms with Gasteiger partial charge < -0.3 is 16.2 Å². The van der Waals surface area contributed by atoms with E-state index in [1.807, 2.05) is 0 Å². The summed E-state index contributed by atoms with van der Waals surface area (Å²) in [6.45, 7) is 0. The molecule has 0 saturated heterocycles. The highest BCUT2D eigenvalue weighted by Gasteiger charge is 2.27. The first-order valence-electron chi connectivity index (χ1n) is 6.95. The summed E-state index contributed by atoms with van der Waals surface area (Å²) in [7, 11) is 0. The van der Waals surface area contributed by atoms with Gasteiger partial charge in [0.1, 0.15) is 4.88 Å². The second kappa shape index (κ2) is 5.76. The van der Waals surface area contributed by atoms with E-state index in [1.54, 1.807) is 24.3 Å². The van der Waals surface area contributed by atoms with E-state index in [1.165, 1.54) is 0 Å². The summed E-state index contributed by atoms with van der Waals surface area (Å²) >= 11 is 0.965. The summed E-state index contributed by atoms with van der Waals surface area (Å²) in [6, 6.07) is 6.87. The number of rotatable bonds is 4. The topological polar surface area (TPSA) is 105 Å². The number of carbonyl (C=O) groups excluding carboxylic acids is 1. The van der Waals surface area contributed by atoms with Crippen LogP contribution in [-0.4, -0.2) is 22.0 Å². The maximum atomic E-state index is 12.0. The number of aromatic nitrogens is 1. The number of nitrogens with two attached hydrogens (primary N) is 1. The minimum absolute atomic E-state index is 0.0213. The third-order valence-corrected chi connectivity index (χ3v) is 4.65. The minimum Gasteiger partial charge on any atom is -0.477 e. The van der Waals surface area contributed by atoms with Gasteiger partial charge in [0.25, 0.3) is 0 Å². The molecule has 114 valence electrons. The normalized spacial score (nSPS) is 14.4. The fraction of sp³-hybridized carbons (Fsp3) is 0.267. The van der Waals surface area contributed by atoms with Gasteiger partial charge in [0.05, 0.1) is 5.69 Å². The fourth-order valence-corrected chi connectivity index (χ4v) is 3.11. The third kappa shape index (κ3) is 2.80. The Morgan fingerprint density at radius 3 is 2.73 bits per heavy atom. The first-order valence-corrected chi connectivity index (χ1v) is 7.77. The van der Waals surface area contributed by atoms with Crippen molar-refractivity contribution in [1.29, 1.82) is 0 Å². The van der Waals surface area contributed by atoms with Gasteiger partial charge in [-0.05, 0) is 25.0 Å². The van der Waals surface area contributed by atoms with Crippen molar-refractivity contribution in [2.75, 3.05) is 11.1 Å². The molecular weight excluding hydrogens is 302 g/mol. The highest BCUT2D eigenvalue weighted by molar-refractivity contribution is 7.18. The van der Waals surface area contributed by atoms with Crippen molar-refractivity contribution in [3.63, 3.8) is 0 Å². The quantitative estimate of drug-likeness (QED) is 0.752. The van der Waals surface area contributed by atoms with Gasteiger partial charge in [-0.25, -0.2) is 9.78 Å². The van der Waals surface area contributed by atoms with Crippen LogP contribution in [0.4, 0.5) is 10.8 Å². The Hall–Kier alpha value is -2.41. The van der Waals surface area contributed by atoms with Crippen molar-refractivity contribution in [3.05, 3.63) is 29.1 Å². The van der Waals surface area contributed by atoms with Crippen molar-refractivity contribution < 1.29 is 14.7 Å². The molecule has 0 radical (unpaired) electrons. The molecule has 6 nitrogen and oxygen atoms in total. The standard InChI is InChI=1S/C15H15N3O3S/c16-10-6-2-5-9(7-10)11-12(14(20)21)22-15(17-11)18-13(19)8-3-1-4-8/h2,5-8H,1,3-4,16H2,(H,20,21)(H,17,18,19). The molecule has 1 aliphatic carbocycles. The van der Waals surface area contributed by atoms with Gasteiger partial charge in [-0.15, -0.1) is 0 Å². The average Bonchev–Trinajstić information content (AvgIpc) is 2.80. The lowest BCUT2D eigenvalue weighted by atomic mass is 9.85. The summed E-state index contributed by atoms with van der Waals surface area (Å²) < 4.78 is 0. The van der Waals surface area contributed by atoms with Gasteiger partial charge in [-0.2, -0.15) is 0 Å². The Kier molecular flexibility index (Phi) is 3.81. The molecule has 0 spiro atoms. The van der Waals surface area contributed by atoms with Crippen LogP contribution in [0.2, 0.25) is 0 Å². The van der Waals surface area contributed by atoms with Gasteiger partial charge in [0.15, 0.2) is 5.13 Å². The largest absolute Gasteiger partial charge is 0.477 e. The van der Waals surface area contributed by atoms with E-state index in [-0.39, 0.29) is 16.7 Å². The summed E-state index contributed by atoms with van der Waals surface area (Å²) in [5, 5.41) is 12.4. The number of hydrogen-bond donors (Lipinski definition) is 3. The van der Waals surface area contributed by atoms with Crippen LogP contribution in [0, 0.1) is 5.92 Å². The number of benzene rings is 1. The number of nitrogens with zero attached hydrogens (tertiary/aromatic N) is 1. The van der Waals surface area contributed by atoms with Crippen molar-refractivity contribution >= 4 is 34.0 Å². The molecule has 1 fully saturated rings. The number of thiazole rings is 1. The second-order valence-electron chi connectivity index (χ2n) is 5.24. The molecule has 1 amide bonds. The predicted molar refractivity (Wildman–Crippen MR) is 84.9 cm³/mol. The van der Waals surface area contributed by atoms with E-state index in [0.29, 0.717) is 22.1 Å².